The quantitative estimate of drug-likeness (QED) is 0.178. The van der Waals surface area contributed by atoms with E-state index < -0.39 is 0 Å². The summed E-state index contributed by atoms with van der Waals surface area (Å²) in [6.45, 7) is 4.61. The average molecular weight is 713 g/mol. The van der Waals surface area contributed by atoms with E-state index in [0.717, 1.165) is 44.4 Å². The Morgan fingerprint density at radius 2 is 1.22 bits per heavy atom. The third-order valence-corrected chi connectivity index (χ3v) is 12.1. The maximum atomic E-state index is 6.23. The Balaban J connectivity index is 1.21. The van der Waals surface area contributed by atoms with Crippen LogP contribution in [0.15, 0.2) is 162 Å². The van der Waals surface area contributed by atoms with Crippen LogP contribution in [-0.2, 0) is 5.41 Å². The second-order valence-electron chi connectivity index (χ2n) is 14.4. The molecule has 0 unspecified atom stereocenters. The smallest absolute Gasteiger partial charge is 0.238 e. The molecule has 1 aliphatic carbocycles. The van der Waals surface area contributed by atoms with E-state index in [1.165, 1.54) is 42.4 Å². The van der Waals surface area contributed by atoms with Gasteiger partial charge < -0.3 is 4.42 Å². The number of anilines is 3. The molecule has 54 heavy (non-hydrogen) atoms. The summed E-state index contributed by atoms with van der Waals surface area (Å²) in [7, 11) is 0. The van der Waals surface area contributed by atoms with E-state index in [0.29, 0.717) is 17.6 Å². The first-order valence-corrected chi connectivity index (χ1v) is 19.0. The first-order valence-electron chi connectivity index (χ1n) is 18.2. The number of furan rings is 1. The van der Waals surface area contributed by atoms with Gasteiger partial charge in [0.05, 0.1) is 5.69 Å². The number of aromatic nitrogens is 3. The van der Waals surface area contributed by atoms with Gasteiger partial charge in [-0.25, -0.2) is 4.98 Å². The highest BCUT2D eigenvalue weighted by atomic mass is 32.1. The molecule has 0 N–H and O–H groups in total. The second-order valence-corrected chi connectivity index (χ2v) is 15.5. The van der Waals surface area contributed by atoms with E-state index in [2.05, 4.69) is 146 Å². The molecule has 3 aromatic heterocycles. The number of rotatable bonds is 5. The van der Waals surface area contributed by atoms with Gasteiger partial charge in [0.25, 0.3) is 0 Å². The highest BCUT2D eigenvalue weighted by molar-refractivity contribution is 7.26. The summed E-state index contributed by atoms with van der Waals surface area (Å²) < 4.78 is 8.68. The van der Waals surface area contributed by atoms with Gasteiger partial charge in [0.1, 0.15) is 11.2 Å². The zero-order valence-electron chi connectivity index (χ0n) is 29.6. The number of para-hydroxylation sites is 2. The highest BCUT2D eigenvalue weighted by Crippen LogP contribution is 2.52. The van der Waals surface area contributed by atoms with Crippen molar-refractivity contribution in [2.45, 2.75) is 19.3 Å². The van der Waals surface area contributed by atoms with Crippen molar-refractivity contribution in [3.63, 3.8) is 0 Å². The number of benzene rings is 7. The molecule has 6 heteroatoms. The van der Waals surface area contributed by atoms with E-state index in [1.807, 2.05) is 30.3 Å². The Bertz CT molecular complexity index is 3110. The van der Waals surface area contributed by atoms with Crippen molar-refractivity contribution in [2.75, 3.05) is 4.90 Å². The predicted octanol–water partition coefficient (Wildman–Crippen LogP) is 13.2. The lowest BCUT2D eigenvalue weighted by molar-refractivity contribution is 0.661. The summed E-state index contributed by atoms with van der Waals surface area (Å²) in [5.41, 5.74) is 10.3. The van der Waals surface area contributed by atoms with Crippen LogP contribution in [-0.4, -0.2) is 15.0 Å². The van der Waals surface area contributed by atoms with Gasteiger partial charge in [-0.3, -0.25) is 4.90 Å². The topological polar surface area (TPSA) is 55.1 Å². The lowest BCUT2D eigenvalue weighted by Gasteiger charge is -2.26. The number of hydrogen-bond donors (Lipinski definition) is 0. The minimum atomic E-state index is -0.260. The third-order valence-electron chi connectivity index (χ3n) is 10.9. The molecule has 0 saturated carbocycles. The molecular formula is C48H32N4OS. The first-order chi connectivity index (χ1) is 26.5. The fourth-order valence-corrected chi connectivity index (χ4v) is 9.62. The molecule has 0 spiro atoms. The van der Waals surface area contributed by atoms with Crippen LogP contribution < -0.4 is 4.90 Å². The molecular weight excluding hydrogens is 681 g/mol. The van der Waals surface area contributed by atoms with Crippen molar-refractivity contribution in [1.82, 2.24) is 15.0 Å². The maximum Gasteiger partial charge on any atom is 0.238 e. The fourth-order valence-electron chi connectivity index (χ4n) is 8.50. The molecule has 11 rings (SSSR count). The molecule has 0 bridgehead atoms. The van der Waals surface area contributed by atoms with Gasteiger partial charge in [-0.2, -0.15) is 9.97 Å². The fraction of sp³-hybridized carbons (Fsp3) is 0.0625. The Labute approximate surface area is 315 Å². The number of nitrogens with zero attached hydrogens (tertiary/aromatic N) is 4. The molecule has 0 radical (unpaired) electrons. The second kappa shape index (κ2) is 11.7. The van der Waals surface area contributed by atoms with Crippen molar-refractivity contribution < 1.29 is 4.42 Å². The molecule has 0 aliphatic heterocycles. The van der Waals surface area contributed by atoms with Crippen molar-refractivity contribution in [3.05, 3.63) is 169 Å². The monoisotopic (exact) mass is 712 g/mol. The highest BCUT2D eigenvalue weighted by Gasteiger charge is 2.38. The Morgan fingerprint density at radius 3 is 2.13 bits per heavy atom. The van der Waals surface area contributed by atoms with Gasteiger partial charge in [0.2, 0.25) is 5.95 Å². The van der Waals surface area contributed by atoms with E-state index in [-0.39, 0.29) is 5.41 Å². The zero-order valence-corrected chi connectivity index (χ0v) is 30.4. The largest absolute Gasteiger partial charge is 0.456 e. The van der Waals surface area contributed by atoms with Crippen LogP contribution in [0.4, 0.5) is 17.3 Å². The normalized spacial score (nSPS) is 13.1. The summed E-state index contributed by atoms with van der Waals surface area (Å²) in [6.07, 6.45) is 0. The third kappa shape index (κ3) is 4.60. The summed E-state index contributed by atoms with van der Waals surface area (Å²) in [5.74, 6) is 1.77. The molecule has 1 aliphatic rings. The van der Waals surface area contributed by atoms with E-state index in [4.69, 9.17) is 19.4 Å². The molecule has 256 valence electrons. The van der Waals surface area contributed by atoms with Crippen molar-refractivity contribution in [2.24, 2.45) is 0 Å². The molecule has 5 nitrogen and oxygen atoms in total. The van der Waals surface area contributed by atoms with E-state index >= 15 is 0 Å². The first kappa shape index (κ1) is 30.9. The van der Waals surface area contributed by atoms with Crippen LogP contribution >= 0.6 is 11.3 Å². The minimum absolute atomic E-state index is 0.260. The predicted molar refractivity (Wildman–Crippen MR) is 223 cm³/mol. The van der Waals surface area contributed by atoms with Crippen LogP contribution in [0.3, 0.4) is 0 Å². The Morgan fingerprint density at radius 1 is 0.537 bits per heavy atom. The maximum absolute atomic E-state index is 6.23. The van der Waals surface area contributed by atoms with Gasteiger partial charge in [-0.05, 0) is 76.9 Å². The lowest BCUT2D eigenvalue weighted by Crippen LogP contribution is -2.18. The number of thiophene rings is 1. The van der Waals surface area contributed by atoms with E-state index in [1.54, 1.807) is 11.3 Å². The number of hydrogen-bond acceptors (Lipinski definition) is 6. The minimum Gasteiger partial charge on any atom is -0.456 e. The molecule has 0 fully saturated rings. The van der Waals surface area contributed by atoms with Crippen LogP contribution in [0.2, 0.25) is 0 Å². The van der Waals surface area contributed by atoms with Crippen LogP contribution in [0, 0.1) is 0 Å². The van der Waals surface area contributed by atoms with E-state index in [9.17, 15) is 0 Å². The van der Waals surface area contributed by atoms with Crippen molar-refractivity contribution >= 4 is 70.8 Å². The zero-order chi connectivity index (χ0) is 36.0. The van der Waals surface area contributed by atoms with Gasteiger partial charge in [0.15, 0.2) is 11.6 Å². The molecule has 0 saturated heterocycles. The summed E-state index contributed by atoms with van der Waals surface area (Å²) in [5, 5.41) is 4.47. The van der Waals surface area contributed by atoms with Gasteiger partial charge in [-0.1, -0.05) is 117 Å². The standard InChI is InChI=1S/C48H32N4OS/c1-48(2)37-21-9-6-16-31(37)33-19-12-20-35(44(33)48)46-49-45(29-26-27-40-36(28-29)32-17-7-10-23-39(32)53-40)50-47(51-46)52(30-14-4-3-5-15-30)38-22-13-25-42-43(38)34-18-8-11-24-41(34)54-42/h3-28H,1-2H3. The van der Waals surface area contributed by atoms with Crippen molar-refractivity contribution in [3.8, 4) is 33.9 Å². The lowest BCUT2D eigenvalue weighted by atomic mass is 9.80. The number of fused-ring (bicyclic) bond motifs is 9. The van der Waals surface area contributed by atoms with Gasteiger partial charge >= 0.3 is 0 Å². The summed E-state index contributed by atoms with van der Waals surface area (Å²) in [4.78, 5) is 18.4. The van der Waals surface area contributed by atoms with Gasteiger partial charge in [-0.15, -0.1) is 11.3 Å². The van der Waals surface area contributed by atoms with Crippen LogP contribution in [0.1, 0.15) is 25.0 Å². The average Bonchev–Trinajstić information content (AvgIpc) is 3.86. The van der Waals surface area contributed by atoms with Crippen LogP contribution in [0.5, 0.6) is 0 Å². The van der Waals surface area contributed by atoms with Crippen molar-refractivity contribution in [1.29, 1.82) is 0 Å². The summed E-state index contributed by atoms with van der Waals surface area (Å²) >= 11 is 1.80. The molecule has 7 aromatic carbocycles. The Hall–Kier alpha value is -6.63. The van der Waals surface area contributed by atoms with Crippen LogP contribution in [0.25, 0.3) is 76.0 Å². The SMILES string of the molecule is CC1(C)c2ccccc2-c2cccc(-c3nc(-c4ccc5oc6ccccc6c5c4)nc(N(c4ccccc4)c4cccc5sc6ccccc6c45)n3)c21. The van der Waals surface area contributed by atoms with Gasteiger partial charge in [0, 0.05) is 53.2 Å². The molecule has 0 amide bonds. The molecule has 3 heterocycles. The molecule has 10 aromatic rings. The Kier molecular flexibility index (Phi) is 6.70. The molecule has 0 atom stereocenters. The summed E-state index contributed by atoms with van der Waals surface area (Å²) in [6, 6.07) is 55.2.